The van der Waals surface area contributed by atoms with Crippen molar-refractivity contribution in [1.82, 2.24) is 15.0 Å². The first kappa shape index (κ1) is 14.8. The Morgan fingerprint density at radius 3 is 2.39 bits per heavy atom. The van der Waals surface area contributed by atoms with Crippen LogP contribution in [0.1, 0.15) is 11.1 Å². The zero-order valence-electron chi connectivity index (χ0n) is 13.0. The molecule has 23 heavy (non-hydrogen) atoms. The maximum Gasteiger partial charge on any atom is 0.160 e. The Morgan fingerprint density at radius 2 is 1.65 bits per heavy atom. The molecule has 0 atom stereocenters. The molecule has 0 saturated carbocycles. The Hall–Kier alpha value is -3.15. The average Bonchev–Trinajstić information content (AvgIpc) is 2.53. The second-order valence-corrected chi connectivity index (χ2v) is 5.27. The van der Waals surface area contributed by atoms with Crippen LogP contribution in [0.15, 0.2) is 48.9 Å². The Labute approximate surface area is 134 Å². The first-order chi connectivity index (χ1) is 11.1. The number of benzene rings is 1. The number of pyridine rings is 1. The topological polar surface area (TPSA) is 88.8 Å². The molecule has 0 radical (unpaired) electrons. The molecule has 0 spiro atoms. The molecule has 116 valence electrons. The van der Waals surface area contributed by atoms with Crippen molar-refractivity contribution in [1.29, 1.82) is 0 Å². The second-order valence-electron chi connectivity index (χ2n) is 5.27. The molecule has 2 aromatic heterocycles. The van der Waals surface area contributed by atoms with Gasteiger partial charge in [0.1, 0.15) is 17.8 Å². The second kappa shape index (κ2) is 6.31. The number of aryl methyl sites for hydroxylation is 2. The van der Waals surface area contributed by atoms with Crippen LogP contribution in [0.4, 0.5) is 28.8 Å². The minimum Gasteiger partial charge on any atom is -0.393 e. The van der Waals surface area contributed by atoms with Crippen LogP contribution >= 0.6 is 0 Å². The highest BCUT2D eigenvalue weighted by molar-refractivity contribution is 5.80. The normalized spacial score (nSPS) is 10.3. The van der Waals surface area contributed by atoms with E-state index in [1.807, 2.05) is 50.2 Å². The van der Waals surface area contributed by atoms with E-state index in [1.165, 1.54) is 6.33 Å². The quantitative estimate of drug-likeness (QED) is 0.683. The van der Waals surface area contributed by atoms with Crippen LogP contribution in [-0.2, 0) is 0 Å². The largest absolute Gasteiger partial charge is 0.393 e. The van der Waals surface area contributed by atoms with Gasteiger partial charge in [-0.05, 0) is 43.2 Å². The van der Waals surface area contributed by atoms with Gasteiger partial charge in [0.25, 0.3) is 0 Å². The van der Waals surface area contributed by atoms with Crippen molar-refractivity contribution in [2.75, 3.05) is 16.4 Å². The average molecular weight is 306 g/mol. The molecule has 3 aromatic rings. The summed E-state index contributed by atoms with van der Waals surface area (Å²) in [5.74, 6) is 1.80. The maximum absolute atomic E-state index is 6.19. The summed E-state index contributed by atoms with van der Waals surface area (Å²) in [6, 6.07) is 11.9. The molecule has 0 amide bonds. The number of nitrogens with zero attached hydrogens (tertiary/aromatic N) is 3. The van der Waals surface area contributed by atoms with E-state index in [2.05, 4.69) is 25.6 Å². The van der Waals surface area contributed by atoms with Crippen molar-refractivity contribution in [3.63, 3.8) is 0 Å². The molecule has 4 N–H and O–H groups in total. The molecule has 0 bridgehead atoms. The van der Waals surface area contributed by atoms with E-state index in [1.54, 1.807) is 6.20 Å². The van der Waals surface area contributed by atoms with Crippen molar-refractivity contribution >= 4 is 28.8 Å². The number of rotatable bonds is 4. The van der Waals surface area contributed by atoms with Gasteiger partial charge < -0.3 is 16.4 Å². The number of nitrogen functional groups attached to an aromatic ring is 1. The zero-order valence-corrected chi connectivity index (χ0v) is 13.0. The van der Waals surface area contributed by atoms with E-state index in [9.17, 15) is 0 Å². The minimum atomic E-state index is 0.444. The molecule has 0 unspecified atom stereocenters. The van der Waals surface area contributed by atoms with Crippen molar-refractivity contribution in [3.05, 3.63) is 60.0 Å². The number of anilines is 5. The number of hydrogen-bond acceptors (Lipinski definition) is 6. The van der Waals surface area contributed by atoms with Crippen LogP contribution in [-0.4, -0.2) is 15.0 Å². The lowest BCUT2D eigenvalue weighted by molar-refractivity contribution is 1.15. The lowest BCUT2D eigenvalue weighted by Crippen LogP contribution is -2.06. The highest BCUT2D eigenvalue weighted by atomic mass is 15.1. The lowest BCUT2D eigenvalue weighted by Gasteiger charge is -2.13. The smallest absolute Gasteiger partial charge is 0.160 e. The summed E-state index contributed by atoms with van der Waals surface area (Å²) < 4.78 is 0. The van der Waals surface area contributed by atoms with Gasteiger partial charge in [0.05, 0.1) is 0 Å². The fourth-order valence-electron chi connectivity index (χ4n) is 2.18. The SMILES string of the molecule is Cc1cccc(Nc2ncnc(Nc3ncccc3C)c2N)c1. The van der Waals surface area contributed by atoms with Gasteiger partial charge in [-0.1, -0.05) is 18.2 Å². The van der Waals surface area contributed by atoms with Crippen LogP contribution < -0.4 is 16.4 Å². The summed E-state index contributed by atoms with van der Waals surface area (Å²) in [5.41, 5.74) is 9.73. The van der Waals surface area contributed by atoms with Crippen LogP contribution in [0.3, 0.4) is 0 Å². The Kier molecular flexibility index (Phi) is 4.05. The molecule has 0 aliphatic carbocycles. The van der Waals surface area contributed by atoms with Crippen molar-refractivity contribution in [3.8, 4) is 0 Å². The molecule has 1 aromatic carbocycles. The van der Waals surface area contributed by atoms with Gasteiger partial charge in [0, 0.05) is 11.9 Å². The number of nitrogens with one attached hydrogen (secondary N) is 2. The van der Waals surface area contributed by atoms with Gasteiger partial charge in [-0.3, -0.25) is 0 Å². The van der Waals surface area contributed by atoms with Gasteiger partial charge in [-0.25, -0.2) is 15.0 Å². The third-order valence-electron chi connectivity index (χ3n) is 3.41. The van der Waals surface area contributed by atoms with Gasteiger partial charge >= 0.3 is 0 Å². The summed E-state index contributed by atoms with van der Waals surface area (Å²) in [6.45, 7) is 4.00. The number of aromatic nitrogens is 3. The van der Waals surface area contributed by atoms with Crippen molar-refractivity contribution < 1.29 is 0 Å². The molecule has 0 aliphatic heterocycles. The molecular weight excluding hydrogens is 288 g/mol. The van der Waals surface area contributed by atoms with Gasteiger partial charge in [0.15, 0.2) is 11.6 Å². The van der Waals surface area contributed by atoms with Gasteiger partial charge in [-0.15, -0.1) is 0 Å². The molecule has 0 aliphatic rings. The van der Waals surface area contributed by atoms with E-state index < -0.39 is 0 Å². The van der Waals surface area contributed by atoms with E-state index in [0.717, 1.165) is 22.6 Å². The van der Waals surface area contributed by atoms with E-state index in [4.69, 9.17) is 5.73 Å². The standard InChI is InChI=1S/C17H18N6/c1-11-5-3-7-13(9-11)22-16-14(18)17(21-10-20-16)23-15-12(2)6-4-8-19-15/h3-10H,18H2,1-2H3,(H2,19,20,21,22,23). The molecule has 0 fully saturated rings. The summed E-state index contributed by atoms with van der Waals surface area (Å²) in [6.07, 6.45) is 3.19. The van der Waals surface area contributed by atoms with E-state index >= 15 is 0 Å². The number of nitrogens with two attached hydrogens (primary N) is 1. The zero-order chi connectivity index (χ0) is 16.2. The molecule has 0 saturated heterocycles. The van der Waals surface area contributed by atoms with Gasteiger partial charge in [-0.2, -0.15) is 0 Å². The third-order valence-corrected chi connectivity index (χ3v) is 3.41. The highest BCUT2D eigenvalue weighted by Crippen LogP contribution is 2.28. The van der Waals surface area contributed by atoms with Gasteiger partial charge in [0.2, 0.25) is 0 Å². The van der Waals surface area contributed by atoms with Crippen LogP contribution in [0, 0.1) is 13.8 Å². The van der Waals surface area contributed by atoms with Crippen molar-refractivity contribution in [2.45, 2.75) is 13.8 Å². The lowest BCUT2D eigenvalue weighted by atomic mass is 10.2. The van der Waals surface area contributed by atoms with Crippen LogP contribution in [0.5, 0.6) is 0 Å². The Balaban J connectivity index is 1.88. The first-order valence-corrected chi connectivity index (χ1v) is 7.26. The fourth-order valence-corrected chi connectivity index (χ4v) is 2.18. The predicted molar refractivity (Wildman–Crippen MR) is 93.2 cm³/mol. The van der Waals surface area contributed by atoms with Crippen molar-refractivity contribution in [2.24, 2.45) is 0 Å². The Morgan fingerprint density at radius 1 is 0.870 bits per heavy atom. The number of hydrogen-bond donors (Lipinski definition) is 3. The van der Waals surface area contributed by atoms with Crippen LogP contribution in [0.25, 0.3) is 0 Å². The third kappa shape index (κ3) is 3.37. The predicted octanol–water partition coefficient (Wildman–Crippen LogP) is 3.56. The summed E-state index contributed by atoms with van der Waals surface area (Å²) in [4.78, 5) is 12.7. The molecule has 6 nitrogen and oxygen atoms in total. The minimum absolute atomic E-state index is 0.444. The summed E-state index contributed by atoms with van der Waals surface area (Å²) in [5, 5.41) is 6.37. The molecular formula is C17H18N6. The Bertz CT molecular complexity index is 831. The van der Waals surface area contributed by atoms with E-state index in [0.29, 0.717) is 17.3 Å². The first-order valence-electron chi connectivity index (χ1n) is 7.26. The monoisotopic (exact) mass is 306 g/mol. The maximum atomic E-state index is 6.19. The summed E-state index contributed by atoms with van der Waals surface area (Å²) >= 11 is 0. The van der Waals surface area contributed by atoms with Crippen LogP contribution in [0.2, 0.25) is 0 Å². The highest BCUT2D eigenvalue weighted by Gasteiger charge is 2.10. The molecule has 2 heterocycles. The molecule has 3 rings (SSSR count). The fraction of sp³-hybridized carbons (Fsp3) is 0.118. The van der Waals surface area contributed by atoms with E-state index in [-0.39, 0.29) is 0 Å². The summed E-state index contributed by atoms with van der Waals surface area (Å²) in [7, 11) is 0. The molecule has 6 heteroatoms.